The number of thiocarbonyl (C=S) groups is 1. The summed E-state index contributed by atoms with van der Waals surface area (Å²) in [6.45, 7) is 27.9. The average Bonchev–Trinajstić information content (AvgIpc) is 3.69. The van der Waals surface area contributed by atoms with Gasteiger partial charge in [0, 0.05) is 41.4 Å². The fourth-order valence-electron chi connectivity index (χ4n) is 8.94. The maximum atomic E-state index is 11.8. The molecule has 1 amide bonds. The van der Waals surface area contributed by atoms with E-state index in [-0.39, 0.29) is 39.5 Å². The molecule has 0 atom stereocenters. The third-order valence-electron chi connectivity index (χ3n) is 13.2. The van der Waals surface area contributed by atoms with Gasteiger partial charge < -0.3 is 20.7 Å². The predicted octanol–water partition coefficient (Wildman–Crippen LogP) is 12.2. The molecule has 7 rings (SSSR count). The molecule has 2 aliphatic carbocycles. The zero-order chi connectivity index (χ0) is 43.6. The molecule has 7 nitrogen and oxygen atoms in total. The number of hydrogen-bond donors (Lipinski definition) is 2. The number of ketones is 1. The molecule has 324 valence electrons. The Bertz CT molecular complexity index is 1960. The second-order valence-electron chi connectivity index (χ2n) is 20.9. The Morgan fingerprint density at radius 3 is 1.85 bits per heavy atom. The number of nitrogens with one attached hydrogen (secondary N) is 1. The summed E-state index contributed by atoms with van der Waals surface area (Å²) in [7, 11) is 0. The van der Waals surface area contributed by atoms with Crippen LogP contribution in [0.15, 0.2) is 41.8 Å². The van der Waals surface area contributed by atoms with Crippen molar-refractivity contribution in [2.24, 2.45) is 11.7 Å². The summed E-state index contributed by atoms with van der Waals surface area (Å²) >= 11 is 10.0. The number of ether oxygens (including phenoxy) is 1. The third-order valence-corrected chi connectivity index (χ3v) is 15.1. The molecule has 59 heavy (non-hydrogen) atoms. The zero-order valence-corrected chi connectivity index (χ0v) is 41.0. The number of Topliss-reactive ketones (excluding diaryl/α,β-unsaturated/α-hetero) is 1. The Labute approximate surface area is 373 Å². The van der Waals surface area contributed by atoms with Crippen LogP contribution in [-0.2, 0) is 26.4 Å². The molecule has 0 spiro atoms. The molecule has 4 aliphatic rings. The third kappa shape index (κ3) is 11.8. The van der Waals surface area contributed by atoms with Crippen LogP contribution in [0.25, 0.3) is 11.3 Å². The lowest BCUT2D eigenvalue weighted by Crippen LogP contribution is -2.43. The van der Waals surface area contributed by atoms with Crippen molar-refractivity contribution in [3.63, 3.8) is 0 Å². The second-order valence-corrected chi connectivity index (χ2v) is 22.8. The largest absolute Gasteiger partial charge is 0.444 e. The fourth-order valence-corrected chi connectivity index (χ4v) is 10.5. The SMILES string of the molecule is CC(C)(C)OC(=O)N1CCC(C(N)=S)CC1.CC1(C)CCC(C)(C)c2cc(-c3csc(C4CCNCC4)n3)ccc21.CC1(C)CCC(C)(C)c2cc(C(=O)CBr)ccc21. The Balaban J connectivity index is 0.000000174. The average molecular weight is 908 g/mol. The van der Waals surface area contributed by atoms with Crippen LogP contribution < -0.4 is 11.1 Å². The lowest BCUT2D eigenvalue weighted by atomic mass is 9.63. The van der Waals surface area contributed by atoms with Crippen LogP contribution in [0, 0.1) is 5.92 Å². The van der Waals surface area contributed by atoms with Crippen LogP contribution in [0.5, 0.6) is 0 Å². The van der Waals surface area contributed by atoms with Gasteiger partial charge in [0.1, 0.15) is 5.60 Å². The molecule has 2 fully saturated rings. The van der Waals surface area contributed by atoms with Crippen LogP contribution in [0.2, 0.25) is 0 Å². The van der Waals surface area contributed by atoms with Gasteiger partial charge >= 0.3 is 6.09 Å². The molecular weight excluding hydrogens is 837 g/mol. The molecule has 10 heteroatoms. The van der Waals surface area contributed by atoms with Gasteiger partial charge in [0.15, 0.2) is 5.78 Å². The quantitative estimate of drug-likeness (QED) is 0.149. The van der Waals surface area contributed by atoms with E-state index in [2.05, 4.69) is 112 Å². The number of amides is 1. The number of likely N-dealkylation sites (tertiary alicyclic amines) is 1. The standard InChI is InChI=1S/C22H30N2S.C16H21BrO.C11H20N2O2S/c1-21(2)9-10-22(3,4)18-13-16(5-6-17(18)21)19-14-25-20(24-19)15-7-11-23-12-8-15;1-15(2)7-8-16(3,4)13-9-11(14(18)10-17)5-6-12(13)15;1-11(2,3)15-10(14)13-6-4-8(5-7-13)9(12)16/h5-6,13-15,23H,7-12H2,1-4H3;5-6,9H,7-8,10H2,1-4H3;8H,4-7H2,1-3H3,(H2,12,16). The Morgan fingerprint density at radius 2 is 1.34 bits per heavy atom. The van der Waals surface area contributed by atoms with Crippen molar-refractivity contribution in [3.05, 3.63) is 74.6 Å². The highest BCUT2D eigenvalue weighted by molar-refractivity contribution is 9.09. The topological polar surface area (TPSA) is 97.6 Å². The van der Waals surface area contributed by atoms with Crippen molar-refractivity contribution in [2.75, 3.05) is 31.5 Å². The van der Waals surface area contributed by atoms with E-state index in [1.54, 1.807) is 4.90 Å². The number of nitrogens with two attached hydrogens (primary N) is 1. The predicted molar refractivity (Wildman–Crippen MR) is 255 cm³/mol. The van der Waals surface area contributed by atoms with Crippen LogP contribution in [0.4, 0.5) is 4.79 Å². The smallest absolute Gasteiger partial charge is 0.410 e. The molecule has 3 N–H and O–H groups in total. The molecule has 1 aromatic heterocycles. The molecule has 0 radical (unpaired) electrons. The summed E-state index contributed by atoms with van der Waals surface area (Å²) < 4.78 is 5.30. The van der Waals surface area contributed by atoms with Crippen molar-refractivity contribution in [1.82, 2.24) is 15.2 Å². The van der Waals surface area contributed by atoms with Gasteiger partial charge in [0.05, 0.1) is 21.0 Å². The maximum absolute atomic E-state index is 11.8. The van der Waals surface area contributed by atoms with Gasteiger partial charge in [-0.2, -0.15) is 0 Å². The number of aromatic nitrogens is 1. The number of hydrogen-bond acceptors (Lipinski definition) is 7. The normalized spacial score (nSPS) is 20.7. The number of piperidine rings is 2. The van der Waals surface area contributed by atoms with Crippen molar-refractivity contribution < 1.29 is 14.3 Å². The highest BCUT2D eigenvalue weighted by Gasteiger charge is 2.38. The van der Waals surface area contributed by atoms with E-state index in [4.69, 9.17) is 27.7 Å². The molecule has 0 bridgehead atoms. The number of nitrogens with zero attached hydrogens (tertiary/aromatic N) is 2. The molecule has 2 aromatic carbocycles. The molecular formula is C49H71BrN4O3S2. The Morgan fingerprint density at radius 1 is 0.831 bits per heavy atom. The second kappa shape index (κ2) is 18.8. The van der Waals surface area contributed by atoms with Crippen LogP contribution in [0.3, 0.4) is 0 Å². The summed E-state index contributed by atoms with van der Waals surface area (Å²) in [6.07, 6.45) is 8.79. The van der Waals surface area contributed by atoms with E-state index in [1.165, 1.54) is 77.0 Å². The number of rotatable bonds is 5. The number of benzene rings is 2. The first-order chi connectivity index (χ1) is 27.4. The van der Waals surface area contributed by atoms with E-state index in [0.717, 1.165) is 31.5 Å². The van der Waals surface area contributed by atoms with Crippen molar-refractivity contribution >= 4 is 56.3 Å². The monoisotopic (exact) mass is 906 g/mol. The number of alkyl halides is 1. The first-order valence-corrected chi connectivity index (χ1v) is 24.2. The minimum atomic E-state index is -0.433. The number of carbonyl (C=O) groups excluding carboxylic acids is 2. The highest BCUT2D eigenvalue weighted by Crippen LogP contribution is 2.48. The van der Waals surface area contributed by atoms with Gasteiger partial charge in [-0.1, -0.05) is 108 Å². The van der Waals surface area contributed by atoms with Gasteiger partial charge in [-0.05, 0) is 141 Å². The lowest BCUT2D eigenvalue weighted by molar-refractivity contribution is 0.0202. The van der Waals surface area contributed by atoms with Gasteiger partial charge in [-0.15, -0.1) is 11.3 Å². The number of thiazole rings is 1. The number of fused-ring (bicyclic) bond motifs is 2. The minimum Gasteiger partial charge on any atom is -0.444 e. The van der Waals surface area contributed by atoms with Crippen LogP contribution >= 0.6 is 39.5 Å². The molecule has 3 aromatic rings. The summed E-state index contributed by atoms with van der Waals surface area (Å²) in [5, 5.41) is 7.44. The fraction of sp³-hybridized carbons (Fsp3) is 0.633. The van der Waals surface area contributed by atoms with Gasteiger partial charge in [-0.3, -0.25) is 4.79 Å². The summed E-state index contributed by atoms with van der Waals surface area (Å²) in [5.74, 6) is 1.08. The minimum absolute atomic E-state index is 0.164. The highest BCUT2D eigenvalue weighted by atomic mass is 79.9. The summed E-state index contributed by atoms with van der Waals surface area (Å²) in [5.41, 5.74) is 15.2. The summed E-state index contributed by atoms with van der Waals surface area (Å²) in [4.78, 5) is 30.9. The molecule has 0 unspecified atom stereocenters. The van der Waals surface area contributed by atoms with E-state index >= 15 is 0 Å². The van der Waals surface area contributed by atoms with E-state index < -0.39 is 5.60 Å². The van der Waals surface area contributed by atoms with Crippen LogP contribution in [-0.4, -0.2) is 63.9 Å². The van der Waals surface area contributed by atoms with Crippen LogP contribution in [0.1, 0.15) is 171 Å². The zero-order valence-electron chi connectivity index (χ0n) is 37.8. The van der Waals surface area contributed by atoms with Crippen molar-refractivity contribution in [1.29, 1.82) is 0 Å². The van der Waals surface area contributed by atoms with E-state index in [0.29, 0.717) is 29.3 Å². The van der Waals surface area contributed by atoms with Gasteiger partial charge in [0.2, 0.25) is 0 Å². The van der Waals surface area contributed by atoms with Gasteiger partial charge in [0.25, 0.3) is 0 Å². The molecule has 0 saturated carbocycles. The Hall–Kier alpha value is -2.66. The Kier molecular flexibility index (Phi) is 15.1. The van der Waals surface area contributed by atoms with E-state index in [1.807, 2.05) is 38.2 Å². The molecule has 2 saturated heterocycles. The van der Waals surface area contributed by atoms with Crippen molar-refractivity contribution in [2.45, 2.75) is 161 Å². The summed E-state index contributed by atoms with van der Waals surface area (Å²) in [6, 6.07) is 13.3. The first-order valence-electron chi connectivity index (χ1n) is 21.8. The first kappa shape index (κ1) is 47.4. The van der Waals surface area contributed by atoms with E-state index in [9.17, 15) is 9.59 Å². The number of carbonyl (C=O) groups is 2. The molecule has 2 aliphatic heterocycles. The van der Waals surface area contributed by atoms with Crippen molar-refractivity contribution in [3.8, 4) is 11.3 Å². The lowest BCUT2D eigenvalue weighted by Gasteiger charge is -2.42. The molecule has 3 heterocycles. The van der Waals surface area contributed by atoms with Gasteiger partial charge in [-0.25, -0.2) is 9.78 Å². The maximum Gasteiger partial charge on any atom is 0.410 e. The number of halogens is 1.